The number of thioether (sulfide) groups is 1. The fourth-order valence-corrected chi connectivity index (χ4v) is 4.49. The van der Waals surface area contributed by atoms with Crippen molar-refractivity contribution in [3.8, 4) is 11.4 Å². The largest absolute Gasteiger partial charge is 0.333 e. The van der Waals surface area contributed by atoms with Crippen molar-refractivity contribution in [2.24, 2.45) is 0 Å². The van der Waals surface area contributed by atoms with Crippen molar-refractivity contribution in [2.45, 2.75) is 18.0 Å². The molecule has 5 aromatic rings. The summed E-state index contributed by atoms with van der Waals surface area (Å²) in [4.78, 5) is 42.0. The molecule has 3 N–H and O–H groups in total. The van der Waals surface area contributed by atoms with Gasteiger partial charge in [-0.25, -0.2) is 9.97 Å². The van der Waals surface area contributed by atoms with Crippen molar-refractivity contribution in [1.82, 2.24) is 30.8 Å². The molecule has 0 radical (unpaired) electrons. The summed E-state index contributed by atoms with van der Waals surface area (Å²) in [6.45, 7) is 0. The highest BCUT2D eigenvalue weighted by Gasteiger charge is 2.15. The Balaban J connectivity index is 1.18. The SMILES string of the molecule is O=C(CCCSc1nc2ccccc2[nH]1)NNC(=O)c1cc(-c2ccccn2)nc2ccccc12. The van der Waals surface area contributed by atoms with E-state index in [0.29, 0.717) is 34.3 Å². The molecule has 0 atom stereocenters. The van der Waals surface area contributed by atoms with Crippen LogP contribution < -0.4 is 10.9 Å². The predicted octanol–water partition coefficient (Wildman–Crippen LogP) is 4.51. The summed E-state index contributed by atoms with van der Waals surface area (Å²) in [6.07, 6.45) is 2.61. The fourth-order valence-electron chi connectivity index (χ4n) is 3.66. The number of imidazole rings is 1. The number of para-hydroxylation sites is 3. The van der Waals surface area contributed by atoms with Crippen molar-refractivity contribution in [3.63, 3.8) is 0 Å². The molecule has 0 fully saturated rings. The van der Waals surface area contributed by atoms with Crippen LogP contribution >= 0.6 is 11.8 Å². The Labute approximate surface area is 205 Å². The summed E-state index contributed by atoms with van der Waals surface area (Å²) in [5.41, 5.74) is 9.31. The number of aromatic nitrogens is 4. The van der Waals surface area contributed by atoms with Crippen LogP contribution in [0, 0.1) is 0 Å². The van der Waals surface area contributed by atoms with Crippen LogP contribution in [-0.2, 0) is 4.79 Å². The zero-order valence-electron chi connectivity index (χ0n) is 18.7. The molecule has 2 aromatic carbocycles. The van der Waals surface area contributed by atoms with Gasteiger partial charge in [0.05, 0.1) is 33.5 Å². The number of benzene rings is 2. The topological polar surface area (TPSA) is 113 Å². The van der Waals surface area contributed by atoms with Crippen molar-refractivity contribution in [2.75, 3.05) is 5.75 Å². The van der Waals surface area contributed by atoms with Gasteiger partial charge in [0.15, 0.2) is 5.16 Å². The predicted molar refractivity (Wildman–Crippen MR) is 137 cm³/mol. The average molecular weight is 483 g/mol. The lowest BCUT2D eigenvalue weighted by atomic mass is 10.1. The maximum atomic E-state index is 13.0. The third-order valence-corrected chi connectivity index (χ3v) is 6.32. The molecule has 0 aliphatic carbocycles. The first kappa shape index (κ1) is 22.5. The van der Waals surface area contributed by atoms with Crippen molar-refractivity contribution >= 4 is 45.5 Å². The minimum absolute atomic E-state index is 0.258. The minimum Gasteiger partial charge on any atom is -0.333 e. The summed E-state index contributed by atoms with van der Waals surface area (Å²) in [5, 5.41) is 1.52. The molecule has 174 valence electrons. The zero-order valence-corrected chi connectivity index (χ0v) is 19.5. The zero-order chi connectivity index (χ0) is 24.0. The van der Waals surface area contributed by atoms with Crippen molar-refractivity contribution < 1.29 is 9.59 Å². The highest BCUT2D eigenvalue weighted by molar-refractivity contribution is 7.99. The number of nitrogens with zero attached hydrogens (tertiary/aromatic N) is 3. The first-order valence-corrected chi connectivity index (χ1v) is 12.1. The number of carbonyl (C=O) groups is 2. The van der Waals surface area contributed by atoms with Crippen LogP contribution in [0.5, 0.6) is 0 Å². The molecular weight excluding hydrogens is 460 g/mol. The average Bonchev–Trinajstić information content (AvgIpc) is 3.32. The standard InChI is InChI=1S/C26H22N6O2S/c33-24(13-7-15-35-26-29-21-11-3-4-12-22(21)30-26)31-32-25(34)18-16-23(20-10-5-6-14-27-20)28-19-9-2-1-8-17(18)19/h1-6,8-12,14,16H,7,13,15H2,(H,29,30)(H,31,33)(H,32,34). The molecule has 9 heteroatoms. The molecular formula is C26H22N6O2S. The monoisotopic (exact) mass is 482 g/mol. The molecule has 0 spiro atoms. The fraction of sp³-hybridized carbons (Fsp3) is 0.115. The molecule has 3 aromatic heterocycles. The third-order valence-electron chi connectivity index (χ3n) is 5.36. The van der Waals surface area contributed by atoms with Gasteiger partial charge in [-0.2, -0.15) is 0 Å². The van der Waals surface area contributed by atoms with E-state index in [1.165, 1.54) is 0 Å². The molecule has 0 aliphatic heterocycles. The number of hydrogen-bond donors (Lipinski definition) is 3. The van der Waals surface area contributed by atoms with Gasteiger partial charge >= 0.3 is 0 Å². The molecule has 35 heavy (non-hydrogen) atoms. The van der Waals surface area contributed by atoms with E-state index in [9.17, 15) is 9.59 Å². The number of amides is 2. The Morgan fingerprint density at radius 1 is 0.857 bits per heavy atom. The van der Waals surface area contributed by atoms with Crippen LogP contribution in [0.25, 0.3) is 33.3 Å². The summed E-state index contributed by atoms with van der Waals surface area (Å²) < 4.78 is 0. The van der Waals surface area contributed by atoms with Gasteiger partial charge < -0.3 is 4.98 Å². The first-order valence-electron chi connectivity index (χ1n) is 11.2. The number of hydrogen-bond acceptors (Lipinski definition) is 6. The normalized spacial score (nSPS) is 11.0. The lowest BCUT2D eigenvalue weighted by molar-refractivity contribution is -0.121. The van der Waals surface area contributed by atoms with Gasteiger partial charge in [-0.1, -0.05) is 48.2 Å². The second-order valence-corrected chi connectivity index (χ2v) is 8.88. The maximum absolute atomic E-state index is 13.0. The Morgan fingerprint density at radius 3 is 2.49 bits per heavy atom. The van der Waals surface area contributed by atoms with E-state index in [0.717, 1.165) is 21.9 Å². The first-order chi connectivity index (χ1) is 17.2. The molecule has 0 unspecified atom stereocenters. The van der Waals surface area contributed by atoms with Gasteiger partial charge in [-0.3, -0.25) is 25.4 Å². The number of fused-ring (bicyclic) bond motifs is 2. The van der Waals surface area contributed by atoms with Crippen LogP contribution in [-0.4, -0.2) is 37.5 Å². The lowest BCUT2D eigenvalue weighted by Gasteiger charge is -2.11. The van der Waals surface area contributed by atoms with E-state index in [2.05, 4.69) is 30.8 Å². The summed E-state index contributed by atoms with van der Waals surface area (Å²) >= 11 is 1.56. The molecule has 2 amide bonds. The van der Waals surface area contributed by atoms with Crippen LogP contribution in [0.2, 0.25) is 0 Å². The van der Waals surface area contributed by atoms with Gasteiger partial charge in [0.25, 0.3) is 5.91 Å². The number of carbonyl (C=O) groups excluding carboxylic acids is 2. The Hall–Kier alpha value is -4.24. The molecule has 0 bridgehead atoms. The van der Waals surface area contributed by atoms with Crippen LogP contribution in [0.3, 0.4) is 0 Å². The number of rotatable bonds is 7. The molecule has 3 heterocycles. The molecule has 0 aliphatic rings. The highest BCUT2D eigenvalue weighted by atomic mass is 32.2. The van der Waals surface area contributed by atoms with Gasteiger partial charge in [-0.05, 0) is 42.8 Å². The number of nitrogens with one attached hydrogen (secondary N) is 3. The molecule has 5 rings (SSSR count). The highest BCUT2D eigenvalue weighted by Crippen LogP contribution is 2.24. The minimum atomic E-state index is -0.411. The van der Waals surface area contributed by atoms with Crippen LogP contribution in [0.4, 0.5) is 0 Å². The Bertz CT molecular complexity index is 1470. The Kier molecular flexibility index (Phi) is 6.67. The molecule has 0 saturated carbocycles. The third kappa shape index (κ3) is 5.30. The van der Waals surface area contributed by atoms with Crippen LogP contribution in [0.15, 0.2) is 84.1 Å². The number of pyridine rings is 2. The van der Waals surface area contributed by atoms with Gasteiger partial charge in [0, 0.05) is 23.8 Å². The molecule has 8 nitrogen and oxygen atoms in total. The van der Waals surface area contributed by atoms with Gasteiger partial charge in [0.2, 0.25) is 5.91 Å². The second kappa shape index (κ2) is 10.4. The van der Waals surface area contributed by atoms with Gasteiger partial charge in [0.1, 0.15) is 0 Å². The van der Waals surface area contributed by atoms with E-state index in [-0.39, 0.29) is 12.3 Å². The van der Waals surface area contributed by atoms with Crippen LogP contribution in [0.1, 0.15) is 23.2 Å². The summed E-state index contributed by atoms with van der Waals surface area (Å²) in [5.74, 6) is 0.0570. The second-order valence-electron chi connectivity index (χ2n) is 7.80. The smallest absolute Gasteiger partial charge is 0.270 e. The quantitative estimate of drug-likeness (QED) is 0.179. The van der Waals surface area contributed by atoms with E-state index >= 15 is 0 Å². The maximum Gasteiger partial charge on any atom is 0.270 e. The Morgan fingerprint density at radius 2 is 1.66 bits per heavy atom. The van der Waals surface area contributed by atoms with Gasteiger partial charge in [-0.15, -0.1) is 0 Å². The van der Waals surface area contributed by atoms with E-state index in [1.807, 2.05) is 66.7 Å². The number of hydrazine groups is 1. The summed E-state index contributed by atoms with van der Waals surface area (Å²) in [6, 6.07) is 22.4. The van der Waals surface area contributed by atoms with Crippen molar-refractivity contribution in [3.05, 3.63) is 84.6 Å². The summed E-state index contributed by atoms with van der Waals surface area (Å²) in [7, 11) is 0. The van der Waals surface area contributed by atoms with E-state index < -0.39 is 5.91 Å². The van der Waals surface area contributed by atoms with Crippen molar-refractivity contribution in [1.29, 1.82) is 0 Å². The van der Waals surface area contributed by atoms with E-state index in [4.69, 9.17) is 0 Å². The molecule has 0 saturated heterocycles. The number of aromatic amines is 1. The number of H-pyrrole nitrogens is 1. The van der Waals surface area contributed by atoms with E-state index in [1.54, 1.807) is 24.0 Å². The lowest BCUT2D eigenvalue weighted by Crippen LogP contribution is -2.41.